The van der Waals surface area contributed by atoms with E-state index in [4.69, 9.17) is 11.6 Å². The number of halogens is 2. The lowest BCUT2D eigenvalue weighted by Gasteiger charge is -2.19. The Hall–Kier alpha value is -0.490. The SMILES string of the molecule is O=C(NC1CCCC1CCl)c1ccc(I)c(O)c1. The van der Waals surface area contributed by atoms with Gasteiger partial charge in [-0.3, -0.25) is 4.79 Å². The van der Waals surface area contributed by atoms with Crippen LogP contribution < -0.4 is 5.32 Å². The Kier molecular flexibility index (Phi) is 4.72. The molecule has 0 saturated heterocycles. The van der Waals surface area contributed by atoms with Gasteiger partial charge in [0.2, 0.25) is 0 Å². The number of phenols is 1. The molecular formula is C13H15ClINO2. The first-order chi connectivity index (χ1) is 8.61. The van der Waals surface area contributed by atoms with Crippen LogP contribution in [0.4, 0.5) is 0 Å². The summed E-state index contributed by atoms with van der Waals surface area (Å²) >= 11 is 7.91. The maximum absolute atomic E-state index is 12.1. The monoisotopic (exact) mass is 379 g/mol. The zero-order chi connectivity index (χ0) is 13.1. The van der Waals surface area contributed by atoms with Crippen LogP contribution in [0.25, 0.3) is 0 Å². The molecule has 2 N–H and O–H groups in total. The molecule has 2 atom stereocenters. The fraction of sp³-hybridized carbons (Fsp3) is 0.462. The number of hydrogen-bond donors (Lipinski definition) is 2. The fourth-order valence-electron chi connectivity index (χ4n) is 2.32. The van der Waals surface area contributed by atoms with E-state index < -0.39 is 0 Å². The number of phenolic OH excluding ortho intramolecular Hbond substituents is 1. The number of benzene rings is 1. The van der Waals surface area contributed by atoms with E-state index in [1.54, 1.807) is 12.1 Å². The molecule has 1 fully saturated rings. The maximum atomic E-state index is 12.1. The maximum Gasteiger partial charge on any atom is 0.251 e. The summed E-state index contributed by atoms with van der Waals surface area (Å²) < 4.78 is 0.739. The van der Waals surface area contributed by atoms with Crippen LogP contribution in [0.1, 0.15) is 29.6 Å². The van der Waals surface area contributed by atoms with Crippen molar-refractivity contribution in [3.8, 4) is 5.75 Å². The van der Waals surface area contributed by atoms with Gasteiger partial charge in [-0.1, -0.05) is 6.42 Å². The van der Waals surface area contributed by atoms with Crippen LogP contribution >= 0.6 is 34.2 Å². The predicted molar refractivity (Wildman–Crippen MR) is 80.1 cm³/mol. The molecule has 1 aliphatic carbocycles. The Morgan fingerprint density at radius 1 is 1.50 bits per heavy atom. The lowest BCUT2D eigenvalue weighted by atomic mass is 10.1. The summed E-state index contributed by atoms with van der Waals surface area (Å²) in [7, 11) is 0. The lowest BCUT2D eigenvalue weighted by molar-refractivity contribution is 0.0929. The largest absolute Gasteiger partial charge is 0.507 e. The Balaban J connectivity index is 2.05. The molecule has 1 aliphatic rings. The highest BCUT2D eigenvalue weighted by molar-refractivity contribution is 14.1. The van der Waals surface area contributed by atoms with Crippen LogP contribution in [0, 0.1) is 9.49 Å². The van der Waals surface area contributed by atoms with Gasteiger partial charge in [0.15, 0.2) is 0 Å². The quantitative estimate of drug-likeness (QED) is 0.626. The highest BCUT2D eigenvalue weighted by Gasteiger charge is 2.28. The summed E-state index contributed by atoms with van der Waals surface area (Å²) in [4.78, 5) is 12.1. The topological polar surface area (TPSA) is 49.3 Å². The molecule has 0 aliphatic heterocycles. The number of alkyl halides is 1. The highest BCUT2D eigenvalue weighted by atomic mass is 127. The average molecular weight is 380 g/mol. The number of carbonyl (C=O) groups is 1. The molecule has 18 heavy (non-hydrogen) atoms. The van der Waals surface area contributed by atoms with Crippen LogP contribution in [-0.4, -0.2) is 22.9 Å². The van der Waals surface area contributed by atoms with E-state index in [0.717, 1.165) is 22.8 Å². The van der Waals surface area contributed by atoms with E-state index in [0.29, 0.717) is 17.4 Å². The summed E-state index contributed by atoms with van der Waals surface area (Å²) in [5, 5.41) is 12.6. The van der Waals surface area contributed by atoms with Crippen molar-refractivity contribution >= 4 is 40.1 Å². The molecule has 2 rings (SSSR count). The molecule has 0 aromatic heterocycles. The molecule has 1 aromatic carbocycles. The van der Waals surface area contributed by atoms with E-state index in [2.05, 4.69) is 5.32 Å². The van der Waals surface area contributed by atoms with Gasteiger partial charge in [-0.25, -0.2) is 0 Å². The molecule has 98 valence electrons. The zero-order valence-corrected chi connectivity index (χ0v) is 12.7. The standard InChI is InChI=1S/C13H15ClINO2/c14-7-9-2-1-3-11(9)16-13(18)8-4-5-10(15)12(17)6-8/h4-6,9,11,17H,1-3,7H2,(H,16,18). The summed E-state index contributed by atoms with van der Waals surface area (Å²) in [5.74, 6) is 0.962. The summed E-state index contributed by atoms with van der Waals surface area (Å²) in [6, 6.07) is 5.12. The Morgan fingerprint density at radius 3 is 2.94 bits per heavy atom. The second-order valence-corrected chi connectivity index (χ2v) is 6.06. The van der Waals surface area contributed by atoms with Crippen LogP contribution in [-0.2, 0) is 0 Å². The predicted octanol–water partition coefficient (Wildman–Crippen LogP) is 3.13. The molecule has 1 saturated carbocycles. The molecule has 1 amide bonds. The highest BCUT2D eigenvalue weighted by Crippen LogP contribution is 2.27. The van der Waals surface area contributed by atoms with Gasteiger partial charge in [0.25, 0.3) is 5.91 Å². The number of carbonyl (C=O) groups excluding carboxylic acids is 1. The van der Waals surface area contributed by atoms with Gasteiger partial charge in [-0.2, -0.15) is 0 Å². The van der Waals surface area contributed by atoms with Crippen molar-refractivity contribution in [2.24, 2.45) is 5.92 Å². The van der Waals surface area contributed by atoms with Crippen molar-refractivity contribution in [2.45, 2.75) is 25.3 Å². The van der Waals surface area contributed by atoms with Crippen LogP contribution in [0.5, 0.6) is 5.75 Å². The molecule has 5 heteroatoms. The van der Waals surface area contributed by atoms with E-state index in [9.17, 15) is 9.90 Å². The van der Waals surface area contributed by atoms with Gasteiger partial charge in [-0.15, -0.1) is 11.6 Å². The summed E-state index contributed by atoms with van der Waals surface area (Å²) in [6.45, 7) is 0. The molecule has 0 bridgehead atoms. The number of amides is 1. The molecule has 1 aromatic rings. The molecular weight excluding hydrogens is 365 g/mol. The smallest absolute Gasteiger partial charge is 0.251 e. The van der Waals surface area contributed by atoms with E-state index in [1.807, 2.05) is 22.6 Å². The lowest BCUT2D eigenvalue weighted by Crippen LogP contribution is -2.37. The molecule has 3 nitrogen and oxygen atoms in total. The number of rotatable bonds is 3. The third-order valence-electron chi connectivity index (χ3n) is 3.38. The van der Waals surface area contributed by atoms with Gasteiger partial charge < -0.3 is 10.4 Å². The van der Waals surface area contributed by atoms with Gasteiger partial charge in [0, 0.05) is 17.5 Å². The average Bonchev–Trinajstić information content (AvgIpc) is 2.79. The van der Waals surface area contributed by atoms with Crippen LogP contribution in [0.3, 0.4) is 0 Å². The number of nitrogens with one attached hydrogen (secondary N) is 1. The molecule has 2 unspecified atom stereocenters. The minimum atomic E-state index is -0.135. The van der Waals surface area contributed by atoms with Crippen molar-refractivity contribution in [1.29, 1.82) is 0 Å². The van der Waals surface area contributed by atoms with Gasteiger partial charge in [-0.05, 0) is 59.5 Å². The van der Waals surface area contributed by atoms with Crippen molar-refractivity contribution < 1.29 is 9.90 Å². The molecule has 0 heterocycles. The Morgan fingerprint density at radius 2 is 2.28 bits per heavy atom. The molecule has 0 spiro atoms. The Labute approximate surface area is 125 Å². The first-order valence-electron chi connectivity index (χ1n) is 5.97. The minimum Gasteiger partial charge on any atom is -0.507 e. The van der Waals surface area contributed by atoms with Crippen LogP contribution in [0.15, 0.2) is 18.2 Å². The third kappa shape index (κ3) is 3.09. The van der Waals surface area contributed by atoms with Gasteiger partial charge >= 0.3 is 0 Å². The van der Waals surface area contributed by atoms with Crippen molar-refractivity contribution in [1.82, 2.24) is 5.32 Å². The summed E-state index contributed by atoms with van der Waals surface area (Å²) in [6.07, 6.45) is 3.17. The second-order valence-electron chi connectivity index (χ2n) is 4.59. The summed E-state index contributed by atoms with van der Waals surface area (Å²) in [5.41, 5.74) is 0.494. The fourth-order valence-corrected chi connectivity index (χ4v) is 3.02. The van der Waals surface area contributed by atoms with Crippen LogP contribution in [0.2, 0.25) is 0 Å². The minimum absolute atomic E-state index is 0.135. The number of aromatic hydroxyl groups is 1. The van der Waals surface area contributed by atoms with Crippen molar-refractivity contribution in [2.75, 3.05) is 5.88 Å². The molecule has 0 radical (unpaired) electrons. The van der Waals surface area contributed by atoms with E-state index >= 15 is 0 Å². The van der Waals surface area contributed by atoms with E-state index in [1.165, 1.54) is 6.07 Å². The second kappa shape index (κ2) is 6.10. The van der Waals surface area contributed by atoms with Crippen molar-refractivity contribution in [3.05, 3.63) is 27.3 Å². The van der Waals surface area contributed by atoms with E-state index in [-0.39, 0.29) is 17.7 Å². The zero-order valence-electron chi connectivity index (χ0n) is 9.83. The van der Waals surface area contributed by atoms with Crippen molar-refractivity contribution in [3.63, 3.8) is 0 Å². The van der Waals surface area contributed by atoms with Gasteiger partial charge in [0.05, 0.1) is 3.57 Å². The third-order valence-corrected chi connectivity index (χ3v) is 4.69. The normalized spacial score (nSPS) is 23.0. The first kappa shape index (κ1) is 13.9. The Bertz CT molecular complexity index is 453. The first-order valence-corrected chi connectivity index (χ1v) is 7.58. The number of hydrogen-bond acceptors (Lipinski definition) is 2. The van der Waals surface area contributed by atoms with Gasteiger partial charge in [0.1, 0.15) is 5.75 Å².